The normalized spacial score (nSPS) is 22.6. The van der Waals surface area contributed by atoms with E-state index >= 15 is 0 Å². The molecule has 5 nitrogen and oxygen atoms in total. The Balaban J connectivity index is 1.84. The van der Waals surface area contributed by atoms with Gasteiger partial charge in [-0.15, -0.1) is 0 Å². The van der Waals surface area contributed by atoms with Crippen LogP contribution in [0.25, 0.3) is 5.69 Å². The lowest BCUT2D eigenvalue weighted by Gasteiger charge is -2.26. The fraction of sp³-hybridized carbons (Fsp3) is 0.476. The summed E-state index contributed by atoms with van der Waals surface area (Å²) >= 11 is 0. The predicted octanol–water partition coefficient (Wildman–Crippen LogP) is 2.98. The fourth-order valence-corrected chi connectivity index (χ4v) is 3.80. The predicted molar refractivity (Wildman–Crippen MR) is 102 cm³/mol. The van der Waals surface area contributed by atoms with Gasteiger partial charge in [-0.1, -0.05) is 6.07 Å². The number of hydrogen-bond acceptors (Lipinski definition) is 3. The Labute approximate surface area is 155 Å². The number of rotatable bonds is 4. The maximum absolute atomic E-state index is 12.7. The number of ether oxygens (including phenoxy) is 1. The lowest BCUT2D eigenvalue weighted by molar-refractivity contribution is -0.0251. The highest BCUT2D eigenvalue weighted by Crippen LogP contribution is 2.26. The van der Waals surface area contributed by atoms with E-state index in [0.717, 1.165) is 17.1 Å². The first-order valence-corrected chi connectivity index (χ1v) is 9.11. The molecule has 0 radical (unpaired) electrons. The topological polar surface area (TPSA) is 63.5 Å². The second-order valence-electron chi connectivity index (χ2n) is 7.52. The zero-order valence-corrected chi connectivity index (χ0v) is 16.2. The average molecular weight is 356 g/mol. The maximum Gasteiger partial charge on any atom is 0.253 e. The van der Waals surface area contributed by atoms with Crippen molar-refractivity contribution in [3.63, 3.8) is 0 Å². The van der Waals surface area contributed by atoms with Gasteiger partial charge in [-0.05, 0) is 63.9 Å². The number of nitrogens with one attached hydrogen (secondary N) is 1. The van der Waals surface area contributed by atoms with E-state index < -0.39 is 5.60 Å². The van der Waals surface area contributed by atoms with Crippen molar-refractivity contribution in [1.29, 1.82) is 0 Å². The zero-order valence-electron chi connectivity index (χ0n) is 16.2. The molecule has 140 valence electrons. The van der Waals surface area contributed by atoms with E-state index in [2.05, 4.69) is 41.9 Å². The summed E-state index contributed by atoms with van der Waals surface area (Å²) in [4.78, 5) is 12.7. The van der Waals surface area contributed by atoms with Crippen LogP contribution in [0, 0.1) is 27.7 Å². The van der Waals surface area contributed by atoms with Crippen LogP contribution in [0.4, 0.5) is 0 Å². The van der Waals surface area contributed by atoms with Gasteiger partial charge in [0.05, 0.1) is 11.7 Å². The fourth-order valence-electron chi connectivity index (χ4n) is 3.80. The number of aryl methyl sites for hydroxylation is 3. The number of nitrogens with zero attached hydrogens (tertiary/aromatic N) is 1. The van der Waals surface area contributed by atoms with Crippen LogP contribution >= 0.6 is 0 Å². The van der Waals surface area contributed by atoms with Crippen LogP contribution in [0.5, 0.6) is 0 Å². The molecular formula is C21H28N2O3. The molecule has 1 saturated heterocycles. The van der Waals surface area contributed by atoms with Gasteiger partial charge >= 0.3 is 0 Å². The van der Waals surface area contributed by atoms with Gasteiger partial charge in [-0.25, -0.2) is 0 Å². The van der Waals surface area contributed by atoms with Crippen molar-refractivity contribution in [2.75, 3.05) is 13.2 Å². The highest BCUT2D eigenvalue weighted by molar-refractivity contribution is 5.96. The first-order valence-electron chi connectivity index (χ1n) is 9.11. The standard InChI is InChI=1S/C21H28N2O3/c1-13-8-14(2)10-18(9-13)23-15(3)11-19(16(23)4)20(24)22-12-21(25)6-7-26-17(21)5/h8-11,17,25H,6-7,12H2,1-5H3,(H,22,24)/t17-,21-/m0/s1. The lowest BCUT2D eigenvalue weighted by Crippen LogP contribution is -2.47. The van der Waals surface area contributed by atoms with E-state index in [0.29, 0.717) is 18.6 Å². The zero-order chi connectivity index (χ0) is 19.1. The van der Waals surface area contributed by atoms with Gasteiger partial charge in [-0.2, -0.15) is 0 Å². The van der Waals surface area contributed by atoms with Crippen LogP contribution in [-0.2, 0) is 4.74 Å². The van der Waals surface area contributed by atoms with Crippen molar-refractivity contribution in [2.45, 2.75) is 52.7 Å². The number of aromatic nitrogens is 1. The van der Waals surface area contributed by atoms with Crippen molar-refractivity contribution in [3.05, 3.63) is 52.3 Å². The van der Waals surface area contributed by atoms with Crippen molar-refractivity contribution in [2.24, 2.45) is 0 Å². The third kappa shape index (κ3) is 3.41. The molecule has 0 unspecified atom stereocenters. The minimum absolute atomic E-state index is 0.166. The highest BCUT2D eigenvalue weighted by atomic mass is 16.5. The molecule has 0 saturated carbocycles. The first-order chi connectivity index (χ1) is 12.2. The maximum atomic E-state index is 12.7. The Hall–Kier alpha value is -2.11. The summed E-state index contributed by atoms with van der Waals surface area (Å²) in [7, 11) is 0. The van der Waals surface area contributed by atoms with Crippen LogP contribution in [-0.4, -0.2) is 40.4 Å². The number of carbonyl (C=O) groups is 1. The van der Waals surface area contributed by atoms with E-state index in [1.807, 2.05) is 26.8 Å². The van der Waals surface area contributed by atoms with Gasteiger partial charge in [0, 0.05) is 36.6 Å². The minimum atomic E-state index is -0.991. The molecule has 1 aliphatic heterocycles. The summed E-state index contributed by atoms with van der Waals surface area (Å²) < 4.78 is 7.53. The molecular weight excluding hydrogens is 328 g/mol. The molecule has 2 atom stereocenters. The van der Waals surface area contributed by atoms with E-state index in [-0.39, 0.29) is 18.6 Å². The van der Waals surface area contributed by atoms with Crippen molar-refractivity contribution in [3.8, 4) is 5.69 Å². The van der Waals surface area contributed by atoms with E-state index in [1.165, 1.54) is 11.1 Å². The molecule has 1 amide bonds. The Morgan fingerprint density at radius 3 is 2.46 bits per heavy atom. The molecule has 1 aromatic carbocycles. The molecule has 1 fully saturated rings. The minimum Gasteiger partial charge on any atom is -0.385 e. The quantitative estimate of drug-likeness (QED) is 0.885. The highest BCUT2D eigenvalue weighted by Gasteiger charge is 2.39. The Morgan fingerprint density at radius 2 is 1.88 bits per heavy atom. The largest absolute Gasteiger partial charge is 0.385 e. The van der Waals surface area contributed by atoms with Gasteiger partial charge < -0.3 is 19.7 Å². The van der Waals surface area contributed by atoms with Crippen LogP contribution in [0.1, 0.15) is 46.2 Å². The van der Waals surface area contributed by atoms with E-state index in [9.17, 15) is 9.90 Å². The van der Waals surface area contributed by atoms with Crippen LogP contribution in [0.15, 0.2) is 24.3 Å². The Kier molecular flexibility index (Phi) is 4.95. The molecule has 0 aliphatic carbocycles. The van der Waals surface area contributed by atoms with Gasteiger partial charge in [0.1, 0.15) is 5.60 Å². The summed E-state index contributed by atoms with van der Waals surface area (Å²) in [6.45, 7) is 10.7. The van der Waals surface area contributed by atoms with Gasteiger partial charge in [0.25, 0.3) is 5.91 Å². The third-order valence-electron chi connectivity index (χ3n) is 5.36. The smallest absolute Gasteiger partial charge is 0.253 e. The number of carbonyl (C=O) groups excluding carboxylic acids is 1. The number of amides is 1. The van der Waals surface area contributed by atoms with Crippen LogP contribution in [0.3, 0.4) is 0 Å². The molecule has 2 heterocycles. The molecule has 1 aromatic heterocycles. The molecule has 3 rings (SSSR count). The van der Waals surface area contributed by atoms with Crippen LogP contribution in [0.2, 0.25) is 0 Å². The second kappa shape index (κ2) is 6.89. The van der Waals surface area contributed by atoms with Crippen LogP contribution < -0.4 is 5.32 Å². The first kappa shape index (κ1) is 18.7. The summed E-state index contributed by atoms with van der Waals surface area (Å²) in [5.41, 5.74) is 4.99. The van der Waals surface area contributed by atoms with E-state index in [1.54, 1.807) is 0 Å². The molecule has 1 aliphatic rings. The SMILES string of the molecule is Cc1cc(C)cc(-n2c(C)cc(C(=O)NC[C@@]3(O)CCO[C@H]3C)c2C)c1. The third-order valence-corrected chi connectivity index (χ3v) is 5.36. The summed E-state index contributed by atoms with van der Waals surface area (Å²) in [6, 6.07) is 8.28. The van der Waals surface area contributed by atoms with Crippen molar-refractivity contribution >= 4 is 5.91 Å². The monoisotopic (exact) mass is 356 g/mol. The summed E-state index contributed by atoms with van der Waals surface area (Å²) in [6.07, 6.45) is 0.265. The molecule has 0 spiro atoms. The van der Waals surface area contributed by atoms with Gasteiger partial charge in [-0.3, -0.25) is 4.79 Å². The molecule has 5 heteroatoms. The lowest BCUT2D eigenvalue weighted by atomic mass is 9.96. The number of benzene rings is 1. The summed E-state index contributed by atoms with van der Waals surface area (Å²) in [5.74, 6) is -0.166. The summed E-state index contributed by atoms with van der Waals surface area (Å²) in [5, 5.41) is 13.5. The molecule has 0 bridgehead atoms. The molecule has 2 aromatic rings. The number of aliphatic hydroxyl groups is 1. The molecule has 26 heavy (non-hydrogen) atoms. The van der Waals surface area contributed by atoms with E-state index in [4.69, 9.17) is 4.74 Å². The molecule has 2 N–H and O–H groups in total. The Bertz CT molecular complexity index is 820. The van der Waals surface area contributed by atoms with Crippen molar-refractivity contribution < 1.29 is 14.6 Å². The number of hydrogen-bond donors (Lipinski definition) is 2. The van der Waals surface area contributed by atoms with Gasteiger partial charge in [0.15, 0.2) is 0 Å². The van der Waals surface area contributed by atoms with Crippen molar-refractivity contribution in [1.82, 2.24) is 9.88 Å². The second-order valence-corrected chi connectivity index (χ2v) is 7.52. The average Bonchev–Trinajstić information content (AvgIpc) is 3.04. The Morgan fingerprint density at radius 1 is 1.23 bits per heavy atom. The van der Waals surface area contributed by atoms with Gasteiger partial charge in [0.2, 0.25) is 0 Å².